The van der Waals surface area contributed by atoms with E-state index in [4.69, 9.17) is 16.3 Å². The normalized spacial score (nSPS) is 11.8. The van der Waals surface area contributed by atoms with Gasteiger partial charge in [0.25, 0.3) is 5.91 Å². The highest BCUT2D eigenvalue weighted by molar-refractivity contribution is 6.30. The van der Waals surface area contributed by atoms with E-state index >= 15 is 0 Å². The zero-order valence-corrected chi connectivity index (χ0v) is 17.3. The predicted octanol–water partition coefficient (Wildman–Crippen LogP) is 3.85. The van der Waals surface area contributed by atoms with E-state index in [9.17, 15) is 9.59 Å². The molecule has 2 amide bonds. The summed E-state index contributed by atoms with van der Waals surface area (Å²) < 4.78 is 5.14. The highest BCUT2D eigenvalue weighted by atomic mass is 35.5. The second-order valence-corrected chi connectivity index (χ2v) is 7.49. The minimum absolute atomic E-state index is 0.176. The average molecular weight is 403 g/mol. The maximum atomic E-state index is 12.6. The third-order valence-corrected chi connectivity index (χ3v) is 4.56. The molecular weight excluding hydrogens is 376 g/mol. The van der Waals surface area contributed by atoms with Gasteiger partial charge in [-0.15, -0.1) is 0 Å². The van der Waals surface area contributed by atoms with E-state index in [0.29, 0.717) is 30.0 Å². The van der Waals surface area contributed by atoms with Crippen LogP contribution >= 0.6 is 11.6 Å². The molecule has 0 fully saturated rings. The molecule has 2 aromatic carbocycles. The van der Waals surface area contributed by atoms with Crippen LogP contribution in [0.3, 0.4) is 0 Å². The maximum Gasteiger partial charge on any atom is 0.251 e. The smallest absolute Gasteiger partial charge is 0.251 e. The summed E-state index contributed by atoms with van der Waals surface area (Å²) in [5.74, 6) is 0.606. The Bertz CT molecular complexity index is 773. The molecule has 0 aliphatic carbocycles. The maximum absolute atomic E-state index is 12.6. The third kappa shape index (κ3) is 6.89. The van der Waals surface area contributed by atoms with Gasteiger partial charge in [0.05, 0.1) is 7.11 Å². The molecular formula is C22H27ClN2O3. The Morgan fingerprint density at radius 3 is 2.25 bits per heavy atom. The lowest BCUT2D eigenvalue weighted by Crippen LogP contribution is -2.47. The fourth-order valence-corrected chi connectivity index (χ4v) is 2.92. The summed E-state index contributed by atoms with van der Waals surface area (Å²) in [5.41, 5.74) is 1.58. The van der Waals surface area contributed by atoms with Crippen LogP contribution in [-0.2, 0) is 11.2 Å². The number of rotatable bonds is 9. The van der Waals surface area contributed by atoms with Gasteiger partial charge in [0, 0.05) is 17.1 Å². The van der Waals surface area contributed by atoms with Crippen LogP contribution in [0.2, 0.25) is 5.02 Å². The van der Waals surface area contributed by atoms with Gasteiger partial charge in [0.15, 0.2) is 0 Å². The van der Waals surface area contributed by atoms with Crippen molar-refractivity contribution in [2.75, 3.05) is 13.7 Å². The first-order chi connectivity index (χ1) is 13.4. The van der Waals surface area contributed by atoms with Crippen molar-refractivity contribution in [3.05, 3.63) is 64.7 Å². The van der Waals surface area contributed by atoms with Crippen molar-refractivity contribution in [3.8, 4) is 5.75 Å². The first kappa shape index (κ1) is 21.8. The first-order valence-corrected chi connectivity index (χ1v) is 9.74. The number of carbonyl (C=O) groups is 2. The molecule has 2 N–H and O–H groups in total. The number of benzene rings is 2. The van der Waals surface area contributed by atoms with Crippen molar-refractivity contribution >= 4 is 23.4 Å². The van der Waals surface area contributed by atoms with E-state index in [1.54, 1.807) is 31.4 Å². The Kier molecular flexibility index (Phi) is 8.33. The number of amides is 2. The van der Waals surface area contributed by atoms with Gasteiger partial charge in [-0.25, -0.2) is 0 Å². The van der Waals surface area contributed by atoms with Gasteiger partial charge >= 0.3 is 0 Å². The van der Waals surface area contributed by atoms with Gasteiger partial charge < -0.3 is 15.4 Å². The second kappa shape index (κ2) is 10.7. The molecule has 0 heterocycles. The monoisotopic (exact) mass is 402 g/mol. The first-order valence-electron chi connectivity index (χ1n) is 9.36. The summed E-state index contributed by atoms with van der Waals surface area (Å²) in [7, 11) is 1.63. The molecule has 5 nitrogen and oxygen atoms in total. The van der Waals surface area contributed by atoms with E-state index in [1.165, 1.54) is 0 Å². The molecule has 6 heteroatoms. The van der Waals surface area contributed by atoms with Gasteiger partial charge in [-0.2, -0.15) is 0 Å². The SMILES string of the molecule is COc1ccc(CCNC(=O)C(CC(C)C)NC(=O)c2ccc(Cl)cc2)cc1. The van der Waals surface area contributed by atoms with Crippen molar-refractivity contribution in [2.45, 2.75) is 32.7 Å². The van der Waals surface area contributed by atoms with E-state index in [2.05, 4.69) is 10.6 Å². The molecule has 0 spiro atoms. The van der Waals surface area contributed by atoms with Crippen LogP contribution in [-0.4, -0.2) is 31.5 Å². The molecule has 0 aromatic heterocycles. The molecule has 0 radical (unpaired) electrons. The Balaban J connectivity index is 1.92. The number of hydrogen-bond acceptors (Lipinski definition) is 3. The van der Waals surface area contributed by atoms with E-state index in [0.717, 1.165) is 11.3 Å². The van der Waals surface area contributed by atoms with Gasteiger partial charge in [-0.05, 0) is 60.7 Å². The minimum atomic E-state index is -0.584. The summed E-state index contributed by atoms with van der Waals surface area (Å²) in [5, 5.41) is 6.32. The van der Waals surface area contributed by atoms with E-state index < -0.39 is 6.04 Å². The largest absolute Gasteiger partial charge is 0.497 e. The lowest BCUT2D eigenvalue weighted by atomic mass is 10.0. The van der Waals surface area contributed by atoms with Gasteiger partial charge in [0.2, 0.25) is 5.91 Å². The zero-order chi connectivity index (χ0) is 20.5. The third-order valence-electron chi connectivity index (χ3n) is 4.31. The molecule has 28 heavy (non-hydrogen) atoms. The second-order valence-electron chi connectivity index (χ2n) is 7.05. The van der Waals surface area contributed by atoms with E-state index in [1.807, 2.05) is 38.1 Å². The summed E-state index contributed by atoms with van der Waals surface area (Å²) in [6.07, 6.45) is 1.27. The van der Waals surface area contributed by atoms with Gasteiger partial charge in [-0.3, -0.25) is 9.59 Å². The lowest BCUT2D eigenvalue weighted by molar-refractivity contribution is -0.123. The quantitative estimate of drug-likeness (QED) is 0.669. The van der Waals surface area contributed by atoms with Crippen LogP contribution in [0, 0.1) is 5.92 Å². The summed E-state index contributed by atoms with van der Waals surface area (Å²) >= 11 is 5.86. The van der Waals surface area contributed by atoms with Crippen LogP contribution in [0.4, 0.5) is 0 Å². The molecule has 1 unspecified atom stereocenters. The van der Waals surface area contributed by atoms with Gasteiger partial charge in [0.1, 0.15) is 11.8 Å². The van der Waals surface area contributed by atoms with Crippen LogP contribution in [0.25, 0.3) is 0 Å². The fraction of sp³-hybridized carbons (Fsp3) is 0.364. The highest BCUT2D eigenvalue weighted by Crippen LogP contribution is 2.12. The molecule has 0 aliphatic heterocycles. The van der Waals surface area contributed by atoms with Crippen LogP contribution in [0.5, 0.6) is 5.75 Å². The molecule has 0 aliphatic rings. The molecule has 2 aromatic rings. The van der Waals surface area contributed by atoms with Crippen molar-refractivity contribution in [2.24, 2.45) is 5.92 Å². The Hall–Kier alpha value is -2.53. The lowest BCUT2D eigenvalue weighted by Gasteiger charge is -2.20. The zero-order valence-electron chi connectivity index (χ0n) is 16.5. The van der Waals surface area contributed by atoms with Crippen molar-refractivity contribution < 1.29 is 14.3 Å². The number of carbonyl (C=O) groups excluding carboxylic acids is 2. The number of ether oxygens (including phenoxy) is 1. The Morgan fingerprint density at radius 1 is 1.04 bits per heavy atom. The van der Waals surface area contributed by atoms with E-state index in [-0.39, 0.29) is 17.7 Å². The number of hydrogen-bond donors (Lipinski definition) is 2. The Labute approximate surface area is 171 Å². The van der Waals surface area contributed by atoms with Crippen LogP contribution < -0.4 is 15.4 Å². The van der Waals surface area contributed by atoms with Crippen molar-refractivity contribution in [1.29, 1.82) is 0 Å². The molecule has 0 saturated heterocycles. The highest BCUT2D eigenvalue weighted by Gasteiger charge is 2.22. The standard InChI is InChI=1S/C22H27ClN2O3/c1-15(2)14-20(25-21(26)17-6-8-18(23)9-7-17)22(27)24-13-12-16-4-10-19(28-3)11-5-16/h4-11,15,20H,12-14H2,1-3H3,(H,24,27)(H,25,26). The summed E-state index contributed by atoms with van der Waals surface area (Å²) in [6, 6.07) is 13.7. The van der Waals surface area contributed by atoms with Crippen molar-refractivity contribution in [1.82, 2.24) is 10.6 Å². The molecule has 150 valence electrons. The Morgan fingerprint density at radius 2 is 1.68 bits per heavy atom. The molecule has 2 rings (SSSR count). The molecule has 0 saturated carbocycles. The fourth-order valence-electron chi connectivity index (χ4n) is 2.79. The summed E-state index contributed by atoms with van der Waals surface area (Å²) in [4.78, 5) is 25.1. The van der Waals surface area contributed by atoms with Crippen LogP contribution in [0.15, 0.2) is 48.5 Å². The number of nitrogens with one attached hydrogen (secondary N) is 2. The molecule has 1 atom stereocenters. The summed E-state index contributed by atoms with van der Waals surface area (Å²) in [6.45, 7) is 4.54. The van der Waals surface area contributed by atoms with Crippen molar-refractivity contribution in [3.63, 3.8) is 0 Å². The topological polar surface area (TPSA) is 67.4 Å². The number of halogens is 1. The molecule has 0 bridgehead atoms. The van der Waals surface area contributed by atoms with Crippen LogP contribution in [0.1, 0.15) is 36.2 Å². The average Bonchev–Trinajstić information content (AvgIpc) is 2.68. The predicted molar refractivity (Wildman–Crippen MR) is 112 cm³/mol. The number of methoxy groups -OCH3 is 1. The minimum Gasteiger partial charge on any atom is -0.497 e. The van der Waals surface area contributed by atoms with Gasteiger partial charge in [-0.1, -0.05) is 37.6 Å².